The van der Waals surface area contributed by atoms with E-state index in [9.17, 15) is 0 Å². The molecule has 0 bridgehead atoms. The Bertz CT molecular complexity index is 589. The van der Waals surface area contributed by atoms with Crippen molar-refractivity contribution in [2.75, 3.05) is 13.2 Å². The van der Waals surface area contributed by atoms with Gasteiger partial charge in [0.1, 0.15) is 13.2 Å². The minimum Gasteiger partial charge on any atom is -0.486 e. The summed E-state index contributed by atoms with van der Waals surface area (Å²) in [6.45, 7) is 1.15. The van der Waals surface area contributed by atoms with E-state index in [1.807, 2.05) is 24.3 Å². The zero-order valence-corrected chi connectivity index (χ0v) is 11.8. The molecule has 2 aromatic rings. The number of nitrogens with zero attached hydrogens (tertiary/aromatic N) is 1. The molecule has 2 heterocycles. The van der Waals surface area contributed by atoms with Gasteiger partial charge in [0, 0.05) is 16.9 Å². The van der Waals surface area contributed by atoms with Crippen LogP contribution in [0.25, 0.3) is 0 Å². The first-order valence-corrected chi connectivity index (χ1v) is 6.79. The van der Waals surface area contributed by atoms with E-state index in [4.69, 9.17) is 15.2 Å². The molecule has 1 atom stereocenters. The molecule has 5 heteroatoms. The van der Waals surface area contributed by atoms with E-state index >= 15 is 0 Å². The molecule has 19 heavy (non-hydrogen) atoms. The number of fused-ring (bicyclic) bond motifs is 1. The monoisotopic (exact) mass is 320 g/mol. The molecule has 0 spiro atoms. The van der Waals surface area contributed by atoms with Gasteiger partial charge in [0.25, 0.3) is 0 Å². The van der Waals surface area contributed by atoms with Gasteiger partial charge in [0.2, 0.25) is 0 Å². The molecule has 3 rings (SSSR count). The highest BCUT2D eigenvalue weighted by Gasteiger charge is 2.19. The summed E-state index contributed by atoms with van der Waals surface area (Å²) in [4.78, 5) is 4.00. The molecule has 1 aromatic heterocycles. The molecular formula is C14H13BrN2O2. The van der Waals surface area contributed by atoms with Crippen molar-refractivity contribution in [3.8, 4) is 11.5 Å². The number of benzene rings is 1. The highest BCUT2D eigenvalue weighted by Crippen LogP contribution is 2.38. The summed E-state index contributed by atoms with van der Waals surface area (Å²) < 4.78 is 12.0. The third-order valence-electron chi connectivity index (χ3n) is 3.06. The lowest BCUT2D eigenvalue weighted by Gasteiger charge is -2.22. The van der Waals surface area contributed by atoms with Crippen LogP contribution in [0, 0.1) is 0 Å². The van der Waals surface area contributed by atoms with E-state index in [0.29, 0.717) is 13.2 Å². The lowest BCUT2D eigenvalue weighted by atomic mass is 10.00. The van der Waals surface area contributed by atoms with Crippen LogP contribution in [0.15, 0.2) is 41.1 Å². The molecule has 2 N–H and O–H groups in total. The van der Waals surface area contributed by atoms with Crippen molar-refractivity contribution in [3.63, 3.8) is 0 Å². The fourth-order valence-electron chi connectivity index (χ4n) is 2.07. The first-order valence-electron chi connectivity index (χ1n) is 6.00. The smallest absolute Gasteiger partial charge is 0.162 e. The molecule has 0 saturated heterocycles. The number of nitrogens with two attached hydrogens (primary N) is 1. The van der Waals surface area contributed by atoms with Gasteiger partial charge in [-0.25, -0.2) is 0 Å². The third-order valence-corrected chi connectivity index (χ3v) is 3.75. The maximum Gasteiger partial charge on any atom is 0.162 e. The van der Waals surface area contributed by atoms with Gasteiger partial charge in [-0.3, -0.25) is 4.98 Å². The molecular weight excluding hydrogens is 308 g/mol. The van der Waals surface area contributed by atoms with Crippen molar-refractivity contribution < 1.29 is 9.47 Å². The van der Waals surface area contributed by atoms with Crippen LogP contribution >= 0.6 is 15.9 Å². The second-order valence-corrected chi connectivity index (χ2v) is 5.13. The van der Waals surface area contributed by atoms with Crippen molar-refractivity contribution in [2.45, 2.75) is 6.04 Å². The Balaban J connectivity index is 2.01. The molecule has 0 saturated carbocycles. The number of pyridine rings is 1. The fraction of sp³-hybridized carbons (Fsp3) is 0.214. The first-order chi connectivity index (χ1) is 9.25. The Morgan fingerprint density at radius 2 is 1.74 bits per heavy atom. The Morgan fingerprint density at radius 3 is 2.42 bits per heavy atom. The molecule has 1 aromatic carbocycles. The summed E-state index contributed by atoms with van der Waals surface area (Å²) in [6, 6.07) is 7.43. The van der Waals surface area contributed by atoms with Gasteiger partial charge in [-0.15, -0.1) is 0 Å². The molecule has 0 aliphatic carbocycles. The standard InChI is InChI=1S/C14H13BrN2O2/c15-11-8-13-12(18-5-6-19-13)7-10(11)14(16)9-1-3-17-4-2-9/h1-4,7-8,14H,5-6,16H2. The summed E-state index contributed by atoms with van der Waals surface area (Å²) in [7, 11) is 0. The molecule has 1 aliphatic heterocycles. The Morgan fingerprint density at radius 1 is 1.11 bits per heavy atom. The van der Waals surface area contributed by atoms with Crippen LogP contribution in [0.5, 0.6) is 11.5 Å². The van der Waals surface area contributed by atoms with E-state index in [0.717, 1.165) is 27.1 Å². The van der Waals surface area contributed by atoms with Crippen LogP contribution in [0.3, 0.4) is 0 Å². The second kappa shape index (κ2) is 5.19. The minimum atomic E-state index is -0.229. The van der Waals surface area contributed by atoms with Crippen molar-refractivity contribution in [3.05, 3.63) is 52.3 Å². The van der Waals surface area contributed by atoms with Gasteiger partial charge < -0.3 is 15.2 Å². The average Bonchev–Trinajstić information content (AvgIpc) is 2.47. The van der Waals surface area contributed by atoms with Gasteiger partial charge in [0.05, 0.1) is 6.04 Å². The number of rotatable bonds is 2. The fourth-order valence-corrected chi connectivity index (χ4v) is 2.64. The Hall–Kier alpha value is -1.59. The number of hydrogen-bond acceptors (Lipinski definition) is 4. The summed E-state index contributed by atoms with van der Waals surface area (Å²) >= 11 is 3.54. The lowest BCUT2D eigenvalue weighted by molar-refractivity contribution is 0.171. The molecule has 4 nitrogen and oxygen atoms in total. The predicted octanol–water partition coefficient (Wildman–Crippen LogP) is 2.66. The van der Waals surface area contributed by atoms with Crippen LogP contribution < -0.4 is 15.2 Å². The number of hydrogen-bond donors (Lipinski definition) is 1. The van der Waals surface area contributed by atoms with Gasteiger partial charge >= 0.3 is 0 Å². The van der Waals surface area contributed by atoms with Crippen LogP contribution in [0.1, 0.15) is 17.2 Å². The molecule has 0 amide bonds. The van der Waals surface area contributed by atoms with E-state index in [-0.39, 0.29) is 6.04 Å². The van der Waals surface area contributed by atoms with E-state index < -0.39 is 0 Å². The zero-order chi connectivity index (χ0) is 13.2. The molecule has 1 unspecified atom stereocenters. The summed E-state index contributed by atoms with van der Waals surface area (Å²) in [6.07, 6.45) is 3.47. The molecule has 1 aliphatic rings. The Kier molecular flexibility index (Phi) is 3.40. The summed E-state index contributed by atoms with van der Waals surface area (Å²) in [5.41, 5.74) is 8.27. The first kappa shape index (κ1) is 12.4. The topological polar surface area (TPSA) is 57.4 Å². The zero-order valence-electron chi connectivity index (χ0n) is 10.2. The SMILES string of the molecule is NC(c1ccncc1)c1cc2c(cc1Br)OCCO2. The largest absolute Gasteiger partial charge is 0.486 e. The average molecular weight is 321 g/mol. The third kappa shape index (κ3) is 2.43. The number of halogens is 1. The van der Waals surface area contributed by atoms with Crippen molar-refractivity contribution >= 4 is 15.9 Å². The van der Waals surface area contributed by atoms with Gasteiger partial charge in [-0.05, 0) is 35.4 Å². The van der Waals surface area contributed by atoms with Crippen molar-refractivity contribution in [2.24, 2.45) is 5.73 Å². The maximum absolute atomic E-state index is 6.30. The summed E-state index contributed by atoms with van der Waals surface area (Å²) in [5, 5.41) is 0. The van der Waals surface area contributed by atoms with Gasteiger partial charge in [-0.1, -0.05) is 15.9 Å². The van der Waals surface area contributed by atoms with Crippen LogP contribution in [-0.2, 0) is 0 Å². The van der Waals surface area contributed by atoms with Gasteiger partial charge in [0.15, 0.2) is 11.5 Å². The second-order valence-electron chi connectivity index (χ2n) is 4.28. The minimum absolute atomic E-state index is 0.229. The van der Waals surface area contributed by atoms with Crippen molar-refractivity contribution in [1.29, 1.82) is 0 Å². The molecule has 98 valence electrons. The van der Waals surface area contributed by atoms with Crippen LogP contribution in [0.4, 0.5) is 0 Å². The van der Waals surface area contributed by atoms with Crippen molar-refractivity contribution in [1.82, 2.24) is 4.98 Å². The van der Waals surface area contributed by atoms with Crippen LogP contribution in [0.2, 0.25) is 0 Å². The lowest BCUT2D eigenvalue weighted by Crippen LogP contribution is -2.17. The molecule has 0 radical (unpaired) electrons. The normalized spacial score (nSPS) is 15.1. The number of aromatic nitrogens is 1. The Labute approximate surface area is 119 Å². The van der Waals surface area contributed by atoms with E-state index in [1.54, 1.807) is 12.4 Å². The number of ether oxygens (including phenoxy) is 2. The van der Waals surface area contributed by atoms with Gasteiger partial charge in [-0.2, -0.15) is 0 Å². The maximum atomic E-state index is 6.30. The highest BCUT2D eigenvalue weighted by atomic mass is 79.9. The highest BCUT2D eigenvalue weighted by molar-refractivity contribution is 9.10. The predicted molar refractivity (Wildman–Crippen MR) is 75.4 cm³/mol. The summed E-state index contributed by atoms with van der Waals surface area (Å²) in [5.74, 6) is 1.50. The van der Waals surface area contributed by atoms with E-state index in [2.05, 4.69) is 20.9 Å². The van der Waals surface area contributed by atoms with E-state index in [1.165, 1.54) is 0 Å². The quantitative estimate of drug-likeness (QED) is 0.924. The molecule has 0 fully saturated rings. The van der Waals surface area contributed by atoms with Crippen LogP contribution in [-0.4, -0.2) is 18.2 Å².